The van der Waals surface area contributed by atoms with Crippen LogP contribution >= 0.6 is 0 Å². The van der Waals surface area contributed by atoms with Gasteiger partial charge < -0.3 is 16.4 Å². The van der Waals surface area contributed by atoms with Gasteiger partial charge in [-0.05, 0) is 43.7 Å². The third kappa shape index (κ3) is 2.23. The Hall–Kier alpha value is -1.71. The molecule has 1 aliphatic carbocycles. The van der Waals surface area contributed by atoms with E-state index in [1.165, 1.54) is 38.5 Å². The molecule has 1 saturated carbocycles. The molecule has 1 aromatic rings. The van der Waals surface area contributed by atoms with Crippen LogP contribution < -0.4 is 16.4 Å². The first-order valence-corrected chi connectivity index (χ1v) is 7.63. The number of nitrogen functional groups attached to an aromatic ring is 1. The lowest BCUT2D eigenvalue weighted by Gasteiger charge is -2.32. The van der Waals surface area contributed by atoms with Gasteiger partial charge in [0, 0.05) is 12.6 Å². The number of anilines is 2. The molecule has 0 spiro atoms. The van der Waals surface area contributed by atoms with E-state index in [-0.39, 0.29) is 0 Å². The largest absolute Gasteiger partial charge is 0.396 e. The van der Waals surface area contributed by atoms with Crippen LogP contribution in [0.2, 0.25) is 0 Å². The molecule has 1 amide bonds. The molecule has 1 unspecified atom stereocenters. The second-order valence-electron chi connectivity index (χ2n) is 6.05. The lowest BCUT2D eigenvalue weighted by molar-refractivity contribution is 0.100. The molecule has 0 aromatic heterocycles. The minimum atomic E-state index is -0.444. The molecule has 1 atom stereocenters. The Morgan fingerprint density at radius 1 is 1.15 bits per heavy atom. The van der Waals surface area contributed by atoms with Gasteiger partial charge in [-0.2, -0.15) is 0 Å². The molecule has 20 heavy (non-hydrogen) atoms. The Bertz CT molecular complexity index is 508. The van der Waals surface area contributed by atoms with Crippen molar-refractivity contribution in [1.29, 1.82) is 0 Å². The van der Waals surface area contributed by atoms with Crippen LogP contribution in [0.5, 0.6) is 0 Å². The second-order valence-corrected chi connectivity index (χ2v) is 6.05. The number of para-hydroxylation sites is 1. The van der Waals surface area contributed by atoms with Gasteiger partial charge in [0.1, 0.15) is 0 Å². The summed E-state index contributed by atoms with van der Waals surface area (Å²) >= 11 is 0. The first-order chi connectivity index (χ1) is 9.68. The molecule has 1 aromatic carbocycles. The summed E-state index contributed by atoms with van der Waals surface area (Å²) < 4.78 is 0. The molecule has 3 rings (SSSR count). The van der Waals surface area contributed by atoms with E-state index in [4.69, 9.17) is 11.5 Å². The maximum absolute atomic E-state index is 11.5. The van der Waals surface area contributed by atoms with E-state index in [0.29, 0.717) is 17.3 Å². The molecule has 1 heterocycles. The molecule has 2 fully saturated rings. The molecular weight excluding hydrogens is 250 g/mol. The summed E-state index contributed by atoms with van der Waals surface area (Å²) in [6.45, 7) is 1.04. The van der Waals surface area contributed by atoms with E-state index in [0.717, 1.165) is 18.2 Å². The van der Waals surface area contributed by atoms with Crippen molar-refractivity contribution in [1.82, 2.24) is 0 Å². The number of amides is 1. The van der Waals surface area contributed by atoms with Crippen molar-refractivity contribution in [3.63, 3.8) is 0 Å². The van der Waals surface area contributed by atoms with E-state index in [1.54, 1.807) is 6.07 Å². The SMILES string of the molecule is NC(=O)c1cccc(N2CCCC2C2CCCC2)c1N. The topological polar surface area (TPSA) is 72.4 Å². The first kappa shape index (κ1) is 13.3. The fraction of sp³-hybridized carbons (Fsp3) is 0.562. The molecule has 4 heteroatoms. The molecule has 1 saturated heterocycles. The van der Waals surface area contributed by atoms with Crippen LogP contribution in [-0.2, 0) is 0 Å². The van der Waals surface area contributed by atoms with Crippen molar-refractivity contribution in [3.05, 3.63) is 23.8 Å². The molecule has 0 radical (unpaired) electrons. The van der Waals surface area contributed by atoms with Crippen LogP contribution in [0.3, 0.4) is 0 Å². The normalized spacial score (nSPS) is 23.4. The van der Waals surface area contributed by atoms with Gasteiger partial charge in [-0.1, -0.05) is 18.9 Å². The highest BCUT2D eigenvalue weighted by Gasteiger charge is 2.34. The number of hydrogen-bond acceptors (Lipinski definition) is 3. The molecule has 0 bridgehead atoms. The number of benzene rings is 1. The van der Waals surface area contributed by atoms with Crippen molar-refractivity contribution < 1.29 is 4.79 Å². The third-order valence-electron chi connectivity index (χ3n) is 4.90. The smallest absolute Gasteiger partial charge is 0.250 e. The second kappa shape index (κ2) is 5.35. The highest BCUT2D eigenvalue weighted by molar-refractivity contribution is 6.01. The maximum atomic E-state index is 11.5. The summed E-state index contributed by atoms with van der Waals surface area (Å²) in [6, 6.07) is 6.20. The Labute approximate surface area is 120 Å². The fourth-order valence-electron chi connectivity index (χ4n) is 3.94. The average Bonchev–Trinajstić information content (AvgIpc) is 3.09. The van der Waals surface area contributed by atoms with Gasteiger partial charge in [-0.3, -0.25) is 4.79 Å². The van der Waals surface area contributed by atoms with Gasteiger partial charge in [0.05, 0.1) is 16.9 Å². The van der Waals surface area contributed by atoms with Crippen molar-refractivity contribution in [2.24, 2.45) is 11.7 Å². The van der Waals surface area contributed by atoms with Crippen LogP contribution in [0.25, 0.3) is 0 Å². The average molecular weight is 273 g/mol. The van der Waals surface area contributed by atoms with Crippen LogP contribution in [0.4, 0.5) is 11.4 Å². The van der Waals surface area contributed by atoms with Gasteiger partial charge in [0.25, 0.3) is 5.91 Å². The van der Waals surface area contributed by atoms with Crippen molar-refractivity contribution in [3.8, 4) is 0 Å². The summed E-state index contributed by atoms with van der Waals surface area (Å²) in [5.74, 6) is 0.343. The molecule has 108 valence electrons. The lowest BCUT2D eigenvalue weighted by Crippen LogP contribution is -2.35. The summed E-state index contributed by atoms with van der Waals surface area (Å²) in [7, 11) is 0. The van der Waals surface area contributed by atoms with Crippen LogP contribution in [-0.4, -0.2) is 18.5 Å². The molecular formula is C16H23N3O. The predicted molar refractivity (Wildman–Crippen MR) is 81.7 cm³/mol. The quantitative estimate of drug-likeness (QED) is 0.831. The number of hydrogen-bond donors (Lipinski definition) is 2. The fourth-order valence-corrected chi connectivity index (χ4v) is 3.94. The summed E-state index contributed by atoms with van der Waals surface area (Å²) in [4.78, 5) is 13.9. The summed E-state index contributed by atoms with van der Waals surface area (Å²) in [6.07, 6.45) is 7.82. The lowest BCUT2D eigenvalue weighted by atomic mass is 9.95. The Balaban J connectivity index is 1.91. The Morgan fingerprint density at radius 2 is 1.90 bits per heavy atom. The zero-order chi connectivity index (χ0) is 14.1. The minimum absolute atomic E-state index is 0.444. The summed E-state index contributed by atoms with van der Waals surface area (Å²) in [5.41, 5.74) is 13.6. The van der Waals surface area contributed by atoms with Crippen molar-refractivity contribution >= 4 is 17.3 Å². The number of carbonyl (C=O) groups is 1. The summed E-state index contributed by atoms with van der Waals surface area (Å²) in [5, 5.41) is 0. The standard InChI is InChI=1S/C16H23N3O/c17-15-12(16(18)20)7-3-8-14(15)19-10-4-9-13(19)11-5-1-2-6-11/h3,7-8,11,13H,1-2,4-6,9-10,17H2,(H2,18,20). The number of primary amides is 1. The van der Waals surface area contributed by atoms with Crippen LogP contribution in [0.15, 0.2) is 18.2 Å². The van der Waals surface area contributed by atoms with E-state index in [9.17, 15) is 4.79 Å². The third-order valence-corrected chi connectivity index (χ3v) is 4.90. The number of rotatable bonds is 3. The molecule has 2 aliphatic rings. The van der Waals surface area contributed by atoms with Crippen molar-refractivity contribution in [2.45, 2.75) is 44.6 Å². The zero-order valence-electron chi connectivity index (χ0n) is 11.8. The van der Waals surface area contributed by atoms with Gasteiger partial charge in [0.15, 0.2) is 0 Å². The highest BCUT2D eigenvalue weighted by atomic mass is 16.1. The minimum Gasteiger partial charge on any atom is -0.396 e. The molecule has 4 N–H and O–H groups in total. The zero-order valence-corrected chi connectivity index (χ0v) is 11.8. The van der Waals surface area contributed by atoms with Gasteiger partial charge in [0.2, 0.25) is 0 Å². The van der Waals surface area contributed by atoms with Gasteiger partial charge >= 0.3 is 0 Å². The number of nitrogens with two attached hydrogens (primary N) is 2. The Morgan fingerprint density at radius 3 is 2.60 bits per heavy atom. The van der Waals surface area contributed by atoms with E-state index < -0.39 is 5.91 Å². The predicted octanol–water partition coefficient (Wildman–Crippen LogP) is 2.53. The number of nitrogens with zero attached hydrogens (tertiary/aromatic N) is 1. The van der Waals surface area contributed by atoms with E-state index in [2.05, 4.69) is 4.90 Å². The maximum Gasteiger partial charge on any atom is 0.250 e. The van der Waals surface area contributed by atoms with Gasteiger partial charge in [-0.15, -0.1) is 0 Å². The highest BCUT2D eigenvalue weighted by Crippen LogP contribution is 2.40. The van der Waals surface area contributed by atoms with E-state index in [1.807, 2.05) is 12.1 Å². The van der Waals surface area contributed by atoms with Crippen LogP contribution in [0.1, 0.15) is 48.9 Å². The van der Waals surface area contributed by atoms with Crippen molar-refractivity contribution in [2.75, 3.05) is 17.2 Å². The molecule has 1 aliphatic heterocycles. The Kier molecular flexibility index (Phi) is 3.55. The van der Waals surface area contributed by atoms with Gasteiger partial charge in [-0.25, -0.2) is 0 Å². The monoisotopic (exact) mass is 273 g/mol. The van der Waals surface area contributed by atoms with Crippen LogP contribution in [0, 0.1) is 5.92 Å². The molecule has 4 nitrogen and oxygen atoms in total. The van der Waals surface area contributed by atoms with E-state index >= 15 is 0 Å². The number of carbonyl (C=O) groups excluding carboxylic acids is 1. The first-order valence-electron chi connectivity index (χ1n) is 7.63.